The van der Waals surface area contributed by atoms with Crippen LogP contribution in [-0.4, -0.2) is 11.7 Å². The van der Waals surface area contributed by atoms with Crippen molar-refractivity contribution in [1.29, 1.82) is 0 Å². The van der Waals surface area contributed by atoms with E-state index in [1.54, 1.807) is 7.11 Å². The smallest absolute Gasteiger partial charge is 0.138 e. The molecule has 1 aromatic heterocycles. The molecule has 0 aliphatic rings. The summed E-state index contributed by atoms with van der Waals surface area (Å²) >= 11 is 6.11. The summed E-state index contributed by atoms with van der Waals surface area (Å²) in [5, 5.41) is 1.74. The molecule has 3 nitrogen and oxygen atoms in total. The normalized spacial score (nSPS) is 11.1. The van der Waals surface area contributed by atoms with Crippen molar-refractivity contribution < 1.29 is 4.74 Å². The van der Waals surface area contributed by atoms with Crippen molar-refractivity contribution in [2.24, 2.45) is 12.8 Å². The maximum Gasteiger partial charge on any atom is 0.138 e. The topological polar surface area (TPSA) is 40.2 Å². The average molecular weight is 239 g/mol. The Labute approximate surface area is 99.7 Å². The van der Waals surface area contributed by atoms with Crippen molar-refractivity contribution in [2.75, 3.05) is 7.11 Å². The summed E-state index contributed by atoms with van der Waals surface area (Å²) in [6.07, 6.45) is 0. The van der Waals surface area contributed by atoms with Crippen LogP contribution in [-0.2, 0) is 13.6 Å². The number of ether oxygens (including phenoxy) is 1. The Kier molecular flexibility index (Phi) is 2.82. The first-order chi connectivity index (χ1) is 7.60. The van der Waals surface area contributed by atoms with Crippen LogP contribution in [0.3, 0.4) is 0 Å². The first kappa shape index (κ1) is 11.3. The Balaban J connectivity index is 2.85. The lowest BCUT2D eigenvalue weighted by Gasteiger charge is -2.04. The molecule has 0 aliphatic carbocycles. The minimum atomic E-state index is 0.522. The van der Waals surface area contributed by atoms with Gasteiger partial charge < -0.3 is 15.0 Å². The number of nitrogens with zero attached hydrogens (tertiary/aromatic N) is 1. The van der Waals surface area contributed by atoms with Crippen LogP contribution < -0.4 is 10.5 Å². The van der Waals surface area contributed by atoms with Crippen molar-refractivity contribution in [3.63, 3.8) is 0 Å². The minimum absolute atomic E-state index is 0.522. The monoisotopic (exact) mass is 238 g/mol. The van der Waals surface area contributed by atoms with Gasteiger partial charge in [0, 0.05) is 24.7 Å². The van der Waals surface area contributed by atoms with E-state index in [0.717, 1.165) is 16.5 Å². The van der Waals surface area contributed by atoms with Crippen molar-refractivity contribution in [3.8, 4) is 5.75 Å². The van der Waals surface area contributed by atoms with Gasteiger partial charge in [0.2, 0.25) is 0 Å². The molecule has 0 unspecified atom stereocenters. The van der Waals surface area contributed by atoms with Gasteiger partial charge in [-0.15, -0.1) is 0 Å². The molecule has 0 amide bonds. The zero-order chi connectivity index (χ0) is 11.9. The zero-order valence-corrected chi connectivity index (χ0v) is 10.4. The molecule has 1 aromatic carbocycles. The summed E-state index contributed by atoms with van der Waals surface area (Å²) in [6.45, 7) is 2.58. The second-order valence-electron chi connectivity index (χ2n) is 3.83. The lowest BCUT2D eigenvalue weighted by Crippen LogP contribution is -1.99. The molecule has 16 heavy (non-hydrogen) atoms. The van der Waals surface area contributed by atoms with Crippen LogP contribution in [0.5, 0.6) is 5.75 Å². The van der Waals surface area contributed by atoms with Crippen LogP contribution in [0, 0.1) is 6.92 Å². The quantitative estimate of drug-likeness (QED) is 0.874. The van der Waals surface area contributed by atoms with Crippen LogP contribution in [0.1, 0.15) is 11.3 Å². The number of halogens is 1. The van der Waals surface area contributed by atoms with E-state index in [2.05, 4.69) is 11.5 Å². The van der Waals surface area contributed by atoms with Crippen LogP contribution in [0.4, 0.5) is 0 Å². The molecule has 0 radical (unpaired) electrons. The van der Waals surface area contributed by atoms with Gasteiger partial charge in [0.1, 0.15) is 5.75 Å². The molecule has 0 aliphatic heterocycles. The van der Waals surface area contributed by atoms with Gasteiger partial charge in [0.15, 0.2) is 0 Å². The molecule has 0 saturated heterocycles. The summed E-state index contributed by atoms with van der Waals surface area (Å²) in [5.41, 5.74) is 9.17. The van der Waals surface area contributed by atoms with Crippen LogP contribution >= 0.6 is 11.6 Å². The molecule has 4 heteroatoms. The summed E-state index contributed by atoms with van der Waals surface area (Å²) in [7, 11) is 3.63. The van der Waals surface area contributed by atoms with Gasteiger partial charge in [-0.25, -0.2) is 0 Å². The van der Waals surface area contributed by atoms with Crippen LogP contribution in [0.2, 0.25) is 5.02 Å². The summed E-state index contributed by atoms with van der Waals surface area (Å²) in [5.74, 6) is 0.689. The van der Waals surface area contributed by atoms with Gasteiger partial charge in [-0.1, -0.05) is 11.6 Å². The Bertz CT molecular complexity index is 546. The van der Waals surface area contributed by atoms with E-state index in [4.69, 9.17) is 22.1 Å². The third-order valence-corrected chi connectivity index (χ3v) is 3.40. The Morgan fingerprint density at radius 1 is 1.44 bits per heavy atom. The fourth-order valence-corrected chi connectivity index (χ4v) is 2.29. The highest BCUT2D eigenvalue weighted by Crippen LogP contribution is 2.33. The maximum atomic E-state index is 6.11. The number of hydrogen-bond donors (Lipinski definition) is 1. The lowest BCUT2D eigenvalue weighted by atomic mass is 10.1. The van der Waals surface area contributed by atoms with E-state index >= 15 is 0 Å². The Hall–Kier alpha value is -1.19. The van der Waals surface area contributed by atoms with Gasteiger partial charge in [-0.3, -0.25) is 0 Å². The van der Waals surface area contributed by atoms with E-state index in [9.17, 15) is 0 Å². The maximum absolute atomic E-state index is 6.11. The SMILES string of the molecule is COc1cc2c(CN)c(C)n(C)c2cc1Cl. The molecule has 0 bridgehead atoms. The van der Waals surface area contributed by atoms with Crippen molar-refractivity contribution in [1.82, 2.24) is 4.57 Å². The molecular formula is C12H15ClN2O. The first-order valence-corrected chi connectivity index (χ1v) is 5.49. The van der Waals surface area contributed by atoms with E-state index in [1.165, 1.54) is 5.69 Å². The first-order valence-electron chi connectivity index (χ1n) is 5.11. The van der Waals surface area contributed by atoms with Crippen LogP contribution in [0.25, 0.3) is 10.9 Å². The summed E-state index contributed by atoms with van der Waals surface area (Å²) in [6, 6.07) is 3.87. The molecule has 0 atom stereocenters. The molecule has 0 fully saturated rings. The number of fused-ring (bicyclic) bond motifs is 1. The van der Waals surface area contributed by atoms with Crippen molar-refractivity contribution >= 4 is 22.5 Å². The summed E-state index contributed by atoms with van der Waals surface area (Å²) in [4.78, 5) is 0. The van der Waals surface area contributed by atoms with E-state index in [1.807, 2.05) is 19.2 Å². The number of nitrogens with two attached hydrogens (primary N) is 1. The third-order valence-electron chi connectivity index (χ3n) is 3.10. The number of benzene rings is 1. The average Bonchev–Trinajstić information content (AvgIpc) is 2.51. The zero-order valence-electron chi connectivity index (χ0n) is 9.67. The Morgan fingerprint density at radius 2 is 2.12 bits per heavy atom. The second kappa shape index (κ2) is 4.00. The number of rotatable bonds is 2. The fourth-order valence-electron chi connectivity index (χ4n) is 2.05. The highest BCUT2D eigenvalue weighted by Gasteiger charge is 2.13. The lowest BCUT2D eigenvalue weighted by molar-refractivity contribution is 0.415. The van der Waals surface area contributed by atoms with Gasteiger partial charge in [0.25, 0.3) is 0 Å². The largest absolute Gasteiger partial charge is 0.495 e. The number of aromatic nitrogens is 1. The number of aryl methyl sites for hydroxylation is 1. The second-order valence-corrected chi connectivity index (χ2v) is 4.24. The Morgan fingerprint density at radius 3 is 2.69 bits per heavy atom. The standard InChI is InChI=1S/C12H15ClN2O/c1-7-9(6-14)8-4-12(16-3)10(13)5-11(8)15(7)2/h4-5H,6,14H2,1-3H3. The number of hydrogen-bond acceptors (Lipinski definition) is 2. The minimum Gasteiger partial charge on any atom is -0.495 e. The molecule has 1 heterocycles. The van der Waals surface area contributed by atoms with Crippen LogP contribution in [0.15, 0.2) is 12.1 Å². The molecule has 2 aromatic rings. The predicted molar refractivity (Wildman–Crippen MR) is 67.1 cm³/mol. The van der Waals surface area contributed by atoms with E-state index in [-0.39, 0.29) is 0 Å². The highest BCUT2D eigenvalue weighted by atomic mass is 35.5. The summed E-state index contributed by atoms with van der Waals surface area (Å²) < 4.78 is 7.32. The number of methoxy groups -OCH3 is 1. The van der Waals surface area contributed by atoms with E-state index in [0.29, 0.717) is 17.3 Å². The third kappa shape index (κ3) is 1.47. The van der Waals surface area contributed by atoms with Gasteiger partial charge >= 0.3 is 0 Å². The van der Waals surface area contributed by atoms with Gasteiger partial charge in [0.05, 0.1) is 17.6 Å². The fraction of sp³-hybridized carbons (Fsp3) is 0.333. The molecule has 0 saturated carbocycles. The van der Waals surface area contributed by atoms with Gasteiger partial charge in [-0.05, 0) is 24.6 Å². The molecule has 0 spiro atoms. The predicted octanol–water partition coefficient (Wildman–Crippen LogP) is 2.61. The van der Waals surface area contributed by atoms with Crippen molar-refractivity contribution in [2.45, 2.75) is 13.5 Å². The molecule has 86 valence electrons. The highest BCUT2D eigenvalue weighted by molar-refractivity contribution is 6.32. The van der Waals surface area contributed by atoms with Crippen molar-refractivity contribution in [3.05, 3.63) is 28.4 Å². The molecule has 2 rings (SSSR count). The van der Waals surface area contributed by atoms with Gasteiger partial charge in [-0.2, -0.15) is 0 Å². The molecule has 2 N–H and O–H groups in total. The van der Waals surface area contributed by atoms with E-state index < -0.39 is 0 Å². The molecular weight excluding hydrogens is 224 g/mol.